The molecule has 0 aromatic heterocycles. The highest BCUT2D eigenvalue weighted by Crippen LogP contribution is 2.28. The molecule has 0 amide bonds. The average molecular weight is 360 g/mol. The number of ketones is 1. The number of Topliss-reactive ketones (excluding diaryl/α,β-unsaturated/α-hetero) is 1. The number of hydrogen-bond acceptors (Lipinski definition) is 6. The van der Waals surface area contributed by atoms with Gasteiger partial charge in [-0.25, -0.2) is 4.79 Å². The molecule has 140 valence electrons. The van der Waals surface area contributed by atoms with Gasteiger partial charge in [0.25, 0.3) is 0 Å². The molecule has 0 saturated carbocycles. The van der Waals surface area contributed by atoms with Crippen molar-refractivity contribution in [2.24, 2.45) is 0 Å². The number of carbonyl (C=O) groups is 2. The van der Waals surface area contributed by atoms with Gasteiger partial charge in [-0.2, -0.15) is 0 Å². The number of esters is 1. The van der Waals surface area contributed by atoms with Crippen molar-refractivity contribution in [2.45, 2.75) is 38.2 Å². The second-order valence-electron chi connectivity index (χ2n) is 6.17. The van der Waals surface area contributed by atoms with Crippen molar-refractivity contribution in [1.29, 1.82) is 0 Å². The molecule has 3 N–H and O–H groups in total. The fourth-order valence-corrected chi connectivity index (χ4v) is 2.79. The van der Waals surface area contributed by atoms with Crippen LogP contribution in [0.5, 0.6) is 5.75 Å². The van der Waals surface area contributed by atoms with Crippen LogP contribution in [-0.4, -0.2) is 46.4 Å². The van der Waals surface area contributed by atoms with E-state index in [1.54, 1.807) is 30.4 Å². The van der Waals surface area contributed by atoms with Crippen LogP contribution in [0.15, 0.2) is 30.4 Å². The van der Waals surface area contributed by atoms with Crippen LogP contribution in [0.3, 0.4) is 0 Å². The van der Waals surface area contributed by atoms with Crippen molar-refractivity contribution < 1.29 is 29.6 Å². The van der Waals surface area contributed by atoms with Crippen LogP contribution in [0.4, 0.5) is 0 Å². The zero-order valence-corrected chi connectivity index (χ0v) is 14.6. The molecular weight excluding hydrogens is 336 g/mol. The number of cyclic esters (lactones) is 1. The van der Waals surface area contributed by atoms with Gasteiger partial charge in [-0.15, -0.1) is 0 Å². The van der Waals surface area contributed by atoms with Crippen molar-refractivity contribution >= 4 is 17.8 Å². The Morgan fingerprint density at radius 3 is 2.73 bits per heavy atom. The minimum absolute atomic E-state index is 0.00936. The lowest BCUT2D eigenvalue weighted by Gasteiger charge is -2.14. The molecule has 0 bridgehead atoms. The molecule has 0 aliphatic carbocycles. The van der Waals surface area contributed by atoms with E-state index < -0.39 is 12.1 Å². The van der Waals surface area contributed by atoms with Crippen molar-refractivity contribution in [3.63, 3.8) is 0 Å². The van der Waals surface area contributed by atoms with Crippen LogP contribution in [0, 0.1) is 0 Å². The highest BCUT2D eigenvalue weighted by atomic mass is 16.5. The third-order valence-electron chi connectivity index (χ3n) is 4.10. The van der Waals surface area contributed by atoms with E-state index in [4.69, 9.17) is 9.84 Å². The summed E-state index contributed by atoms with van der Waals surface area (Å²) in [4.78, 5) is 24.2. The summed E-state index contributed by atoms with van der Waals surface area (Å²) in [7, 11) is 0. The first-order valence-electron chi connectivity index (χ1n) is 8.67. The summed E-state index contributed by atoms with van der Waals surface area (Å²) in [5.74, 6) is -0.942. The van der Waals surface area contributed by atoms with Gasteiger partial charge in [0, 0.05) is 19.4 Å². The molecule has 1 aromatic rings. The SMILES string of the molecule is O=C1CC=CCOC(=O)c2c(O)ccc(CCCO)c2C=CC[C@H](O)C1. The lowest BCUT2D eigenvalue weighted by atomic mass is 9.95. The monoisotopic (exact) mass is 360 g/mol. The van der Waals surface area contributed by atoms with Gasteiger partial charge < -0.3 is 20.1 Å². The zero-order chi connectivity index (χ0) is 18.9. The molecule has 0 saturated heterocycles. The lowest BCUT2D eigenvalue weighted by Crippen LogP contribution is -2.13. The molecule has 1 aliphatic rings. The fraction of sp³-hybridized carbons (Fsp3) is 0.400. The average Bonchev–Trinajstić information content (AvgIpc) is 2.60. The number of allylic oxidation sites excluding steroid dienone is 1. The molecule has 26 heavy (non-hydrogen) atoms. The summed E-state index contributed by atoms with van der Waals surface area (Å²) >= 11 is 0. The Hall–Kier alpha value is -2.44. The Morgan fingerprint density at radius 2 is 1.96 bits per heavy atom. The third-order valence-corrected chi connectivity index (χ3v) is 4.10. The predicted octanol–water partition coefficient (Wildman–Crippen LogP) is 2.16. The van der Waals surface area contributed by atoms with Crippen LogP contribution >= 0.6 is 0 Å². The molecule has 1 heterocycles. The number of phenolic OH excluding ortho intramolecular Hbond substituents is 1. The first-order chi connectivity index (χ1) is 12.5. The second kappa shape index (κ2) is 9.89. The molecular formula is C20H24O6. The van der Waals surface area contributed by atoms with E-state index in [0.717, 1.165) is 5.56 Å². The lowest BCUT2D eigenvalue weighted by molar-refractivity contribution is -0.120. The van der Waals surface area contributed by atoms with Crippen LogP contribution < -0.4 is 0 Å². The van der Waals surface area contributed by atoms with E-state index >= 15 is 0 Å². The highest BCUT2D eigenvalue weighted by molar-refractivity contribution is 5.97. The molecule has 6 heteroatoms. The van der Waals surface area contributed by atoms with Gasteiger partial charge in [0.05, 0.1) is 6.10 Å². The van der Waals surface area contributed by atoms with E-state index in [9.17, 15) is 19.8 Å². The minimum atomic E-state index is -0.802. The summed E-state index contributed by atoms with van der Waals surface area (Å²) in [6.07, 6.45) is 7.20. The van der Waals surface area contributed by atoms with Gasteiger partial charge in [0.2, 0.25) is 0 Å². The number of phenols is 1. The summed E-state index contributed by atoms with van der Waals surface area (Å²) < 4.78 is 5.18. The predicted molar refractivity (Wildman–Crippen MR) is 96.8 cm³/mol. The number of fused-ring (bicyclic) bond motifs is 1. The number of ether oxygens (including phenoxy) is 1. The maximum Gasteiger partial charge on any atom is 0.342 e. The Labute approximate surface area is 152 Å². The van der Waals surface area contributed by atoms with Crippen LogP contribution in [0.2, 0.25) is 0 Å². The van der Waals surface area contributed by atoms with Gasteiger partial charge in [0.1, 0.15) is 23.7 Å². The van der Waals surface area contributed by atoms with E-state index in [-0.39, 0.29) is 49.6 Å². The first kappa shape index (κ1) is 19.9. The van der Waals surface area contributed by atoms with Crippen LogP contribution in [-0.2, 0) is 16.0 Å². The number of aliphatic hydroxyl groups excluding tert-OH is 2. The van der Waals surface area contributed by atoms with E-state index in [2.05, 4.69) is 0 Å². The Kier molecular flexibility index (Phi) is 7.56. The molecule has 2 rings (SSSR count). The van der Waals surface area contributed by atoms with Gasteiger partial charge in [0.15, 0.2) is 0 Å². The molecule has 1 aliphatic heterocycles. The van der Waals surface area contributed by atoms with Crippen LogP contribution in [0.1, 0.15) is 47.2 Å². The summed E-state index contributed by atoms with van der Waals surface area (Å²) in [6.45, 7) is -0.00639. The summed E-state index contributed by atoms with van der Waals surface area (Å²) in [5, 5.41) is 29.2. The number of aliphatic hydroxyl groups is 2. The Bertz CT molecular complexity index is 704. The summed E-state index contributed by atoms with van der Waals surface area (Å²) in [6, 6.07) is 3.14. The number of benzene rings is 1. The summed E-state index contributed by atoms with van der Waals surface area (Å²) in [5.41, 5.74) is 1.35. The minimum Gasteiger partial charge on any atom is -0.507 e. The van der Waals surface area contributed by atoms with E-state index in [0.29, 0.717) is 18.4 Å². The van der Waals surface area contributed by atoms with Crippen molar-refractivity contribution in [3.05, 3.63) is 47.1 Å². The van der Waals surface area contributed by atoms with Crippen molar-refractivity contribution in [3.8, 4) is 5.75 Å². The maximum absolute atomic E-state index is 12.4. The highest BCUT2D eigenvalue weighted by Gasteiger charge is 2.20. The third kappa shape index (κ3) is 5.54. The molecule has 1 aromatic carbocycles. The van der Waals surface area contributed by atoms with Gasteiger partial charge in [-0.1, -0.05) is 30.4 Å². The largest absolute Gasteiger partial charge is 0.507 e. The smallest absolute Gasteiger partial charge is 0.342 e. The zero-order valence-electron chi connectivity index (χ0n) is 14.6. The maximum atomic E-state index is 12.4. The van der Waals surface area contributed by atoms with Crippen LogP contribution in [0.25, 0.3) is 6.08 Å². The van der Waals surface area contributed by atoms with Gasteiger partial charge in [-0.05, 0) is 36.5 Å². The number of hydrogen-bond donors (Lipinski definition) is 3. The van der Waals surface area contributed by atoms with Gasteiger partial charge >= 0.3 is 5.97 Å². The fourth-order valence-electron chi connectivity index (χ4n) is 2.79. The number of rotatable bonds is 3. The second-order valence-corrected chi connectivity index (χ2v) is 6.17. The Balaban J connectivity index is 2.41. The van der Waals surface area contributed by atoms with E-state index in [1.807, 2.05) is 0 Å². The molecule has 0 spiro atoms. The number of aromatic hydroxyl groups is 1. The van der Waals surface area contributed by atoms with Crippen molar-refractivity contribution in [2.75, 3.05) is 13.2 Å². The quantitative estimate of drug-likeness (QED) is 0.564. The topological polar surface area (TPSA) is 104 Å². The first-order valence-corrected chi connectivity index (χ1v) is 8.67. The number of aryl methyl sites for hydroxylation is 1. The molecule has 1 atom stereocenters. The molecule has 0 fully saturated rings. The van der Waals surface area contributed by atoms with E-state index in [1.165, 1.54) is 6.07 Å². The molecule has 0 radical (unpaired) electrons. The Morgan fingerprint density at radius 1 is 1.15 bits per heavy atom. The number of carbonyl (C=O) groups excluding carboxylic acids is 2. The molecule has 0 unspecified atom stereocenters. The standard InChI is InChI=1S/C20H24O6/c21-11-4-5-14-9-10-18(24)19-17(14)8-3-7-16(23)13-15(22)6-1-2-12-26-20(19)25/h1-3,8-10,16,21,23-24H,4-7,11-13H2/t16-/m0/s1. The van der Waals surface area contributed by atoms with Gasteiger partial charge in [-0.3, -0.25) is 4.79 Å². The molecule has 6 nitrogen and oxygen atoms in total. The normalized spacial score (nSPS) is 18.9. The van der Waals surface area contributed by atoms with Crippen molar-refractivity contribution in [1.82, 2.24) is 0 Å².